The van der Waals surface area contributed by atoms with Crippen molar-refractivity contribution in [1.82, 2.24) is 9.97 Å². The smallest absolute Gasteiger partial charge is 0.253 e. The topological polar surface area (TPSA) is 115 Å². The summed E-state index contributed by atoms with van der Waals surface area (Å²) in [5.74, 6) is 0.582. The first-order valence-corrected chi connectivity index (χ1v) is 12.5. The highest BCUT2D eigenvalue weighted by atomic mass is 32.2. The molecule has 1 atom stereocenters. The molecule has 1 aliphatic carbocycles. The highest BCUT2D eigenvalue weighted by Gasteiger charge is 2.40. The van der Waals surface area contributed by atoms with E-state index in [1.54, 1.807) is 12.1 Å². The molecule has 1 saturated heterocycles. The largest absolute Gasteiger partial charge is 0.477 e. The average Bonchev–Trinajstić information content (AvgIpc) is 2.98. The molecule has 1 saturated carbocycles. The fraction of sp³-hybridized carbons (Fsp3) is 0.522. The minimum atomic E-state index is -4.13. The van der Waals surface area contributed by atoms with Gasteiger partial charge in [-0.2, -0.15) is 0 Å². The molecule has 9 heteroatoms. The number of amides is 1. The van der Waals surface area contributed by atoms with Crippen molar-refractivity contribution in [2.45, 2.75) is 61.9 Å². The van der Waals surface area contributed by atoms with E-state index in [1.807, 2.05) is 4.90 Å². The van der Waals surface area contributed by atoms with Crippen LogP contribution in [0.15, 0.2) is 40.4 Å². The van der Waals surface area contributed by atoms with Gasteiger partial charge in [0, 0.05) is 24.3 Å². The summed E-state index contributed by atoms with van der Waals surface area (Å²) in [7, 11) is -4.13. The normalized spacial score (nSPS) is 20.7. The quantitative estimate of drug-likeness (QED) is 0.677. The van der Waals surface area contributed by atoms with Crippen molar-refractivity contribution in [3.05, 3.63) is 36.0 Å². The van der Waals surface area contributed by atoms with Gasteiger partial charge < -0.3 is 15.4 Å². The molecule has 0 aromatic carbocycles. The number of hydrogen-bond donors (Lipinski definition) is 1. The molecule has 1 amide bonds. The number of sulfone groups is 1. The molecule has 1 aliphatic heterocycles. The molecule has 4 rings (SSSR count). The molecule has 2 aromatic heterocycles. The molecule has 2 fully saturated rings. The number of primary amides is 1. The van der Waals surface area contributed by atoms with Crippen LogP contribution < -0.4 is 15.4 Å². The van der Waals surface area contributed by atoms with Gasteiger partial charge in [-0.15, -0.1) is 0 Å². The van der Waals surface area contributed by atoms with E-state index < -0.39 is 15.7 Å². The van der Waals surface area contributed by atoms with Crippen LogP contribution in [-0.4, -0.2) is 43.0 Å². The van der Waals surface area contributed by atoms with E-state index in [9.17, 15) is 13.2 Å². The number of nitrogens with two attached hydrogens (primary N) is 1. The van der Waals surface area contributed by atoms with Crippen molar-refractivity contribution >= 4 is 21.6 Å². The van der Waals surface area contributed by atoms with Gasteiger partial charge in [0.05, 0.1) is 11.5 Å². The third-order valence-electron chi connectivity index (χ3n) is 6.42. The number of pyridine rings is 2. The second kappa shape index (κ2) is 8.35. The van der Waals surface area contributed by atoms with Gasteiger partial charge in [0.2, 0.25) is 15.7 Å². The van der Waals surface area contributed by atoms with Crippen molar-refractivity contribution in [2.75, 3.05) is 18.1 Å². The summed E-state index contributed by atoms with van der Waals surface area (Å²) in [6.07, 6.45) is 5.73. The lowest BCUT2D eigenvalue weighted by Crippen LogP contribution is -2.40. The lowest BCUT2D eigenvalue weighted by molar-refractivity contribution is 0.0997. The predicted octanol–water partition coefficient (Wildman–Crippen LogP) is 3.21. The maximum Gasteiger partial charge on any atom is 0.253 e. The fourth-order valence-corrected chi connectivity index (χ4v) is 6.05. The van der Waals surface area contributed by atoms with Crippen LogP contribution in [0.25, 0.3) is 0 Å². The van der Waals surface area contributed by atoms with Crippen LogP contribution in [0.1, 0.15) is 56.8 Å². The van der Waals surface area contributed by atoms with Crippen LogP contribution >= 0.6 is 0 Å². The molecule has 32 heavy (non-hydrogen) atoms. The van der Waals surface area contributed by atoms with E-state index in [-0.39, 0.29) is 26.9 Å². The van der Waals surface area contributed by atoms with Crippen molar-refractivity contribution in [2.24, 2.45) is 17.6 Å². The van der Waals surface area contributed by atoms with E-state index in [0.29, 0.717) is 30.8 Å². The molecule has 0 bridgehead atoms. The Morgan fingerprint density at radius 1 is 1.28 bits per heavy atom. The van der Waals surface area contributed by atoms with Gasteiger partial charge in [-0.3, -0.25) is 4.79 Å². The third kappa shape index (κ3) is 4.18. The SMILES string of the molecule is CC1CN(c2nccc(S(=O)(=O)c3cccc(OCC4CCC4)n3)c2C(N)=O)C(C)(C)C1. The molecular weight excluding hydrogens is 428 g/mol. The number of anilines is 1. The summed E-state index contributed by atoms with van der Waals surface area (Å²) >= 11 is 0. The Bertz CT molecular complexity index is 1130. The van der Waals surface area contributed by atoms with Crippen molar-refractivity contribution in [1.29, 1.82) is 0 Å². The molecule has 0 radical (unpaired) electrons. The lowest BCUT2D eigenvalue weighted by Gasteiger charge is -2.33. The molecule has 1 unspecified atom stereocenters. The number of rotatable bonds is 7. The lowest BCUT2D eigenvalue weighted by atomic mass is 9.86. The van der Waals surface area contributed by atoms with E-state index in [0.717, 1.165) is 19.3 Å². The average molecular weight is 459 g/mol. The van der Waals surface area contributed by atoms with Crippen LogP contribution in [0.3, 0.4) is 0 Å². The van der Waals surface area contributed by atoms with Gasteiger partial charge in [0.1, 0.15) is 11.4 Å². The molecule has 2 aromatic rings. The maximum absolute atomic E-state index is 13.5. The van der Waals surface area contributed by atoms with Crippen LogP contribution in [0, 0.1) is 11.8 Å². The van der Waals surface area contributed by atoms with Gasteiger partial charge in [-0.25, -0.2) is 18.4 Å². The van der Waals surface area contributed by atoms with Gasteiger partial charge in [0.25, 0.3) is 5.91 Å². The standard InChI is InChI=1S/C23H30N4O4S/c1-15-12-23(2,3)27(13-15)22-20(21(24)28)17(10-11-25-22)32(29,30)19-9-5-8-18(26-19)31-14-16-6-4-7-16/h5,8-11,15-16H,4,6-7,12-14H2,1-3H3,(H2,24,28). The van der Waals surface area contributed by atoms with Gasteiger partial charge in [-0.1, -0.05) is 19.4 Å². The van der Waals surface area contributed by atoms with E-state index >= 15 is 0 Å². The second-order valence-corrected chi connectivity index (χ2v) is 11.4. The van der Waals surface area contributed by atoms with E-state index in [4.69, 9.17) is 10.5 Å². The minimum Gasteiger partial charge on any atom is -0.477 e. The Morgan fingerprint density at radius 2 is 2.03 bits per heavy atom. The maximum atomic E-state index is 13.5. The van der Waals surface area contributed by atoms with Gasteiger partial charge >= 0.3 is 0 Å². The number of aromatic nitrogens is 2. The Labute approximate surface area is 189 Å². The highest BCUT2D eigenvalue weighted by molar-refractivity contribution is 7.91. The Morgan fingerprint density at radius 3 is 2.62 bits per heavy atom. The second-order valence-electron chi connectivity index (χ2n) is 9.53. The molecule has 0 spiro atoms. The molecule has 2 N–H and O–H groups in total. The van der Waals surface area contributed by atoms with Gasteiger partial charge in [-0.05, 0) is 57.1 Å². The number of hydrogen-bond acceptors (Lipinski definition) is 7. The fourth-order valence-electron chi connectivity index (χ4n) is 4.65. The van der Waals surface area contributed by atoms with Gasteiger partial charge in [0.15, 0.2) is 5.03 Å². The van der Waals surface area contributed by atoms with Crippen molar-refractivity contribution < 1.29 is 17.9 Å². The zero-order valence-electron chi connectivity index (χ0n) is 18.7. The van der Waals surface area contributed by atoms with Crippen molar-refractivity contribution in [3.8, 4) is 5.88 Å². The Hall–Kier alpha value is -2.68. The van der Waals surface area contributed by atoms with E-state index in [2.05, 4.69) is 30.7 Å². The molecule has 2 aliphatic rings. The molecule has 172 valence electrons. The summed E-state index contributed by atoms with van der Waals surface area (Å²) in [6, 6.07) is 5.94. The summed E-state index contributed by atoms with van der Waals surface area (Å²) in [5.41, 5.74) is 5.31. The predicted molar refractivity (Wildman–Crippen MR) is 120 cm³/mol. The minimum absolute atomic E-state index is 0.0998. The Balaban J connectivity index is 1.73. The summed E-state index contributed by atoms with van der Waals surface area (Å²) in [6.45, 7) is 7.39. The first-order valence-electron chi connectivity index (χ1n) is 11.0. The molecule has 8 nitrogen and oxygen atoms in total. The number of nitrogens with zero attached hydrogens (tertiary/aromatic N) is 3. The first-order chi connectivity index (χ1) is 15.1. The van der Waals surface area contributed by atoms with Crippen molar-refractivity contribution in [3.63, 3.8) is 0 Å². The van der Waals surface area contributed by atoms with Crippen LogP contribution in [0.4, 0.5) is 5.82 Å². The molecular formula is C23H30N4O4S. The van der Waals surface area contributed by atoms with Crippen LogP contribution in [-0.2, 0) is 9.84 Å². The highest BCUT2D eigenvalue weighted by Crippen LogP contribution is 2.39. The summed E-state index contributed by atoms with van der Waals surface area (Å²) in [5, 5.41) is -0.183. The van der Waals surface area contributed by atoms with Crippen LogP contribution in [0.5, 0.6) is 5.88 Å². The third-order valence-corrected chi connectivity index (χ3v) is 8.12. The zero-order valence-corrected chi connectivity index (χ0v) is 19.6. The molecule has 3 heterocycles. The summed E-state index contributed by atoms with van der Waals surface area (Å²) in [4.78, 5) is 22.9. The van der Waals surface area contributed by atoms with Crippen LogP contribution in [0.2, 0.25) is 0 Å². The Kier molecular flexibility index (Phi) is 5.87. The first kappa shape index (κ1) is 22.5. The summed E-state index contributed by atoms with van der Waals surface area (Å²) < 4.78 is 32.8. The monoisotopic (exact) mass is 458 g/mol. The van der Waals surface area contributed by atoms with E-state index in [1.165, 1.54) is 24.8 Å². The number of ether oxygens (including phenoxy) is 1. The number of carbonyl (C=O) groups is 1. The zero-order chi connectivity index (χ0) is 23.1. The number of carbonyl (C=O) groups excluding carboxylic acids is 1.